The van der Waals surface area contributed by atoms with Crippen molar-refractivity contribution in [1.82, 2.24) is 10.3 Å². The topological polar surface area (TPSA) is 44.9 Å². The number of rotatable bonds is 10. The summed E-state index contributed by atoms with van der Waals surface area (Å²) in [5.74, 6) is -0.258. The van der Waals surface area contributed by atoms with Crippen molar-refractivity contribution in [3.05, 3.63) is 59.0 Å². The van der Waals surface area contributed by atoms with Gasteiger partial charge in [0.25, 0.3) is 6.43 Å². The summed E-state index contributed by atoms with van der Waals surface area (Å²) in [7, 11) is 0. The van der Waals surface area contributed by atoms with E-state index in [1.807, 2.05) is 0 Å². The molecule has 0 aliphatic heterocycles. The molecule has 1 heterocycles. The first-order valence-electron chi connectivity index (χ1n) is 14.0. The molecule has 1 aromatic heterocycles. The van der Waals surface area contributed by atoms with E-state index in [0.717, 1.165) is 44.2 Å². The van der Waals surface area contributed by atoms with Crippen LogP contribution in [0.2, 0.25) is 0 Å². The molecule has 3 nitrogen and oxygen atoms in total. The molecule has 3 aliphatic carbocycles. The minimum absolute atomic E-state index is 0.000893. The number of ketones is 1. The van der Waals surface area contributed by atoms with E-state index in [1.54, 1.807) is 17.2 Å². The zero-order chi connectivity index (χ0) is 26.8. The van der Waals surface area contributed by atoms with Crippen molar-refractivity contribution >= 4 is 5.78 Å². The van der Waals surface area contributed by atoms with Gasteiger partial charge in [-0.15, -0.1) is 0 Å². The standard InChI is InChI=1S/C31H43F3N2O/c1-5-30(3,4)36-25-14-11-21(19-31(16-17-31)24-9-7-6-8-20(24)2)10-12-22(25)18-23-13-15-26(35-23)28(37)27(32)29(33)34/h6-7,9,13,15,19-20,22,25,27,29,35-36H,5,8,10-12,14,16-18H2,1-4H3/b21-19-. The van der Waals surface area contributed by atoms with Crippen molar-refractivity contribution in [3.8, 4) is 0 Å². The maximum absolute atomic E-state index is 13.6. The summed E-state index contributed by atoms with van der Waals surface area (Å²) in [5.41, 5.74) is 4.10. The van der Waals surface area contributed by atoms with Crippen molar-refractivity contribution in [1.29, 1.82) is 0 Å². The molecule has 37 heavy (non-hydrogen) atoms. The minimum Gasteiger partial charge on any atom is -0.356 e. The van der Waals surface area contributed by atoms with Crippen LogP contribution in [0, 0.1) is 17.3 Å². The van der Waals surface area contributed by atoms with Crippen LogP contribution in [-0.4, -0.2) is 34.9 Å². The summed E-state index contributed by atoms with van der Waals surface area (Å²) in [5, 5.41) is 3.90. The molecule has 0 bridgehead atoms. The number of hydrogen-bond acceptors (Lipinski definition) is 2. The van der Waals surface area contributed by atoms with E-state index in [4.69, 9.17) is 0 Å². The van der Waals surface area contributed by atoms with Crippen molar-refractivity contribution in [2.45, 2.75) is 110 Å². The molecule has 2 saturated carbocycles. The van der Waals surface area contributed by atoms with Crippen LogP contribution in [0.4, 0.5) is 13.2 Å². The van der Waals surface area contributed by atoms with Crippen molar-refractivity contribution in [2.75, 3.05) is 0 Å². The fourth-order valence-electron chi connectivity index (χ4n) is 6.15. The van der Waals surface area contributed by atoms with Gasteiger partial charge in [0.2, 0.25) is 12.0 Å². The van der Waals surface area contributed by atoms with E-state index in [-0.39, 0.29) is 16.6 Å². The molecule has 2 fully saturated rings. The molecule has 6 heteroatoms. The zero-order valence-corrected chi connectivity index (χ0v) is 22.8. The van der Waals surface area contributed by atoms with Gasteiger partial charge >= 0.3 is 0 Å². The Labute approximate surface area is 220 Å². The third kappa shape index (κ3) is 6.68. The lowest BCUT2D eigenvalue weighted by atomic mass is 9.80. The number of hydrogen-bond donors (Lipinski definition) is 2. The maximum atomic E-state index is 13.6. The second kappa shape index (κ2) is 11.3. The molecule has 204 valence electrons. The van der Waals surface area contributed by atoms with Crippen LogP contribution in [-0.2, 0) is 6.42 Å². The number of allylic oxidation sites excluding steroid dienone is 6. The van der Waals surface area contributed by atoms with Crippen LogP contribution in [0.25, 0.3) is 0 Å². The number of aromatic amines is 1. The monoisotopic (exact) mass is 516 g/mol. The first-order chi connectivity index (χ1) is 17.5. The minimum atomic E-state index is -3.31. The van der Waals surface area contributed by atoms with Gasteiger partial charge in [-0.2, -0.15) is 0 Å². The smallest absolute Gasteiger partial charge is 0.276 e. The third-order valence-electron chi connectivity index (χ3n) is 8.88. The lowest BCUT2D eigenvalue weighted by molar-refractivity contribution is 0.0408. The Morgan fingerprint density at radius 2 is 1.95 bits per heavy atom. The fourth-order valence-corrected chi connectivity index (χ4v) is 6.15. The van der Waals surface area contributed by atoms with Crippen molar-refractivity contribution in [2.24, 2.45) is 17.3 Å². The van der Waals surface area contributed by atoms with E-state index in [9.17, 15) is 18.0 Å². The highest BCUT2D eigenvalue weighted by molar-refractivity contribution is 5.98. The predicted octanol–water partition coefficient (Wildman–Crippen LogP) is 7.91. The molecule has 3 aliphatic rings. The highest BCUT2D eigenvalue weighted by Crippen LogP contribution is 2.57. The number of H-pyrrole nitrogens is 1. The first kappa shape index (κ1) is 27.9. The number of alkyl halides is 3. The Bertz CT molecular complexity index is 1050. The van der Waals surface area contributed by atoms with E-state index in [2.05, 4.69) is 62.3 Å². The van der Waals surface area contributed by atoms with Crippen molar-refractivity contribution in [3.63, 3.8) is 0 Å². The van der Waals surface area contributed by atoms with Gasteiger partial charge < -0.3 is 10.3 Å². The van der Waals surface area contributed by atoms with Crippen LogP contribution < -0.4 is 5.32 Å². The van der Waals surface area contributed by atoms with Gasteiger partial charge in [0.1, 0.15) is 0 Å². The Hall–Kier alpha value is -2.08. The number of aromatic nitrogens is 1. The van der Waals surface area contributed by atoms with Crippen LogP contribution in [0.5, 0.6) is 0 Å². The third-order valence-corrected chi connectivity index (χ3v) is 8.88. The van der Waals surface area contributed by atoms with Gasteiger partial charge in [0, 0.05) is 22.7 Å². The number of Topliss-reactive ketones (excluding diaryl/α,β-unsaturated/α-hetero) is 1. The number of carbonyl (C=O) groups excluding carboxylic acids is 1. The lowest BCUT2D eigenvalue weighted by Gasteiger charge is -2.35. The van der Waals surface area contributed by atoms with Crippen LogP contribution in [0.15, 0.2) is 47.6 Å². The van der Waals surface area contributed by atoms with E-state index < -0.39 is 18.4 Å². The second-order valence-corrected chi connectivity index (χ2v) is 12.2. The molecule has 0 aromatic carbocycles. The van der Waals surface area contributed by atoms with Crippen LogP contribution in [0.1, 0.15) is 95.2 Å². The summed E-state index contributed by atoms with van der Waals surface area (Å²) in [6, 6.07) is 3.49. The summed E-state index contributed by atoms with van der Waals surface area (Å²) in [6.07, 6.45) is 12.8. The molecule has 0 saturated heterocycles. The average Bonchev–Trinajstić information content (AvgIpc) is 3.54. The Morgan fingerprint density at radius 1 is 1.22 bits per heavy atom. The summed E-state index contributed by atoms with van der Waals surface area (Å²) in [4.78, 5) is 15.0. The van der Waals surface area contributed by atoms with Gasteiger partial charge in [-0.05, 0) is 95.6 Å². The Kier molecular flexibility index (Phi) is 8.57. The first-order valence-corrected chi connectivity index (χ1v) is 14.0. The molecule has 4 atom stereocenters. The average molecular weight is 517 g/mol. The molecular formula is C31H43F3N2O. The maximum Gasteiger partial charge on any atom is 0.276 e. The van der Waals surface area contributed by atoms with Gasteiger partial charge in [-0.3, -0.25) is 4.79 Å². The largest absolute Gasteiger partial charge is 0.356 e. The zero-order valence-electron chi connectivity index (χ0n) is 22.8. The van der Waals surface area contributed by atoms with Crippen LogP contribution >= 0.6 is 0 Å². The summed E-state index contributed by atoms with van der Waals surface area (Å²) >= 11 is 0. The molecule has 0 radical (unpaired) electrons. The van der Waals surface area contributed by atoms with Gasteiger partial charge in [0.05, 0.1) is 5.69 Å². The Morgan fingerprint density at radius 3 is 2.59 bits per heavy atom. The Balaban J connectivity index is 1.51. The molecule has 4 rings (SSSR count). The molecular weight excluding hydrogens is 473 g/mol. The van der Waals surface area contributed by atoms with Gasteiger partial charge in [-0.25, -0.2) is 13.2 Å². The summed E-state index contributed by atoms with van der Waals surface area (Å²) < 4.78 is 39.0. The van der Waals surface area contributed by atoms with Crippen LogP contribution in [0.3, 0.4) is 0 Å². The molecule has 2 N–H and O–H groups in total. The number of nitrogens with one attached hydrogen (secondary N) is 2. The van der Waals surface area contributed by atoms with E-state index in [1.165, 1.54) is 18.9 Å². The second-order valence-electron chi connectivity index (χ2n) is 12.2. The van der Waals surface area contributed by atoms with Gasteiger partial charge in [-0.1, -0.05) is 49.3 Å². The normalized spacial score (nSPS) is 27.7. The van der Waals surface area contributed by atoms with E-state index in [0.29, 0.717) is 24.3 Å². The highest BCUT2D eigenvalue weighted by atomic mass is 19.3. The summed E-state index contributed by atoms with van der Waals surface area (Å²) in [6.45, 7) is 8.98. The molecule has 0 amide bonds. The quantitative estimate of drug-likeness (QED) is 0.189. The number of carbonyl (C=O) groups is 1. The molecule has 0 spiro atoms. The lowest BCUT2D eigenvalue weighted by Crippen LogP contribution is -2.49. The SMILES string of the molecule is CCC(C)(C)NC1CC/C(=C\C2(C3=CC=CCC3C)CC2)CCC1Cc1ccc(C(=O)C(F)C(F)F)[nH]1. The highest BCUT2D eigenvalue weighted by Gasteiger charge is 2.46. The number of halogens is 3. The molecule has 1 aromatic rings. The van der Waals surface area contributed by atoms with Gasteiger partial charge in [0.15, 0.2) is 0 Å². The van der Waals surface area contributed by atoms with E-state index >= 15 is 0 Å². The molecule has 4 unspecified atom stereocenters. The fraction of sp³-hybridized carbons (Fsp3) is 0.645. The predicted molar refractivity (Wildman–Crippen MR) is 144 cm³/mol. The van der Waals surface area contributed by atoms with Crippen molar-refractivity contribution < 1.29 is 18.0 Å².